The minimum absolute atomic E-state index is 0.175. The number of ether oxygens (including phenoxy) is 1. The molecule has 0 aliphatic carbocycles. The molecule has 1 rings (SSSR count). The molecule has 0 saturated carbocycles. The molecule has 0 N–H and O–H groups in total. The zero-order chi connectivity index (χ0) is 16.0. The number of unbranched alkanes of at least 4 members (excludes halogenated alkanes) is 4. The normalized spacial score (nSPS) is 11.7. The molecule has 0 amide bonds. The van der Waals surface area contributed by atoms with Gasteiger partial charge in [0.2, 0.25) is 0 Å². The van der Waals surface area contributed by atoms with Crippen LogP contribution in [0.25, 0.3) is 0 Å². The van der Waals surface area contributed by atoms with Crippen molar-refractivity contribution < 1.29 is 13.2 Å². The average molecular weight is 333 g/mol. The molecule has 0 bridgehead atoms. The Balaban J connectivity index is 2.79. The predicted octanol–water partition coefficient (Wildman–Crippen LogP) is 4.89. The summed E-state index contributed by atoms with van der Waals surface area (Å²) in [7, 11) is 1.75. The van der Waals surface area contributed by atoms with E-state index in [9.17, 15) is 8.42 Å². The molecule has 0 spiro atoms. The Bertz CT molecular complexity index is 580. The molecule has 0 radical (unpaired) electrons. The Morgan fingerprint density at radius 3 is 2.24 bits per heavy atom. The fraction of sp³-hybridized carbons (Fsp3) is 0.625. The van der Waals surface area contributed by atoms with Gasteiger partial charge in [0.15, 0.2) is 0 Å². The van der Waals surface area contributed by atoms with Crippen LogP contribution in [-0.2, 0) is 9.05 Å². The van der Waals surface area contributed by atoms with E-state index < -0.39 is 9.05 Å². The van der Waals surface area contributed by atoms with Crippen molar-refractivity contribution in [3.8, 4) is 5.75 Å². The SMILES string of the molecule is CCCCCCCOc1c(C)cc(S(=O)(=O)Cl)c(C)c1C. The van der Waals surface area contributed by atoms with Gasteiger partial charge in [0, 0.05) is 10.7 Å². The molecule has 0 aliphatic rings. The number of hydrogen-bond acceptors (Lipinski definition) is 3. The fourth-order valence-corrected chi connectivity index (χ4v) is 3.69. The van der Waals surface area contributed by atoms with E-state index >= 15 is 0 Å². The average Bonchev–Trinajstić information content (AvgIpc) is 2.40. The van der Waals surface area contributed by atoms with Crippen LogP contribution in [-0.4, -0.2) is 15.0 Å². The number of hydrogen-bond donors (Lipinski definition) is 0. The van der Waals surface area contributed by atoms with E-state index in [-0.39, 0.29) is 4.90 Å². The van der Waals surface area contributed by atoms with Crippen molar-refractivity contribution in [2.75, 3.05) is 6.61 Å². The Hall–Kier alpha value is -0.740. The summed E-state index contributed by atoms with van der Waals surface area (Å²) in [5.74, 6) is 0.784. The van der Waals surface area contributed by atoms with Gasteiger partial charge in [-0.15, -0.1) is 0 Å². The summed E-state index contributed by atoms with van der Waals surface area (Å²) in [5, 5.41) is 0. The fourth-order valence-electron chi connectivity index (χ4n) is 2.38. The van der Waals surface area contributed by atoms with E-state index in [1.807, 2.05) is 13.8 Å². The van der Waals surface area contributed by atoms with Crippen molar-refractivity contribution >= 4 is 19.7 Å². The lowest BCUT2D eigenvalue weighted by Gasteiger charge is -2.16. The number of rotatable bonds is 8. The molecule has 0 aromatic heterocycles. The molecule has 0 aliphatic heterocycles. The van der Waals surface area contributed by atoms with Gasteiger partial charge in [0.05, 0.1) is 11.5 Å². The molecule has 5 heteroatoms. The lowest BCUT2D eigenvalue weighted by molar-refractivity contribution is 0.300. The summed E-state index contributed by atoms with van der Waals surface area (Å²) < 4.78 is 29.0. The van der Waals surface area contributed by atoms with Crippen LogP contribution in [0.5, 0.6) is 5.75 Å². The maximum absolute atomic E-state index is 11.6. The molecule has 0 unspecified atom stereocenters. The maximum atomic E-state index is 11.6. The zero-order valence-electron chi connectivity index (χ0n) is 13.3. The first kappa shape index (κ1) is 18.3. The van der Waals surface area contributed by atoms with Crippen LogP contribution in [0.1, 0.15) is 55.7 Å². The summed E-state index contributed by atoms with van der Waals surface area (Å²) in [6.07, 6.45) is 5.92. The second-order valence-corrected chi connectivity index (χ2v) is 8.01. The summed E-state index contributed by atoms with van der Waals surface area (Å²) in [6, 6.07) is 1.59. The highest BCUT2D eigenvalue weighted by Crippen LogP contribution is 2.32. The van der Waals surface area contributed by atoms with Gasteiger partial charge < -0.3 is 4.74 Å². The zero-order valence-corrected chi connectivity index (χ0v) is 14.9. The van der Waals surface area contributed by atoms with Gasteiger partial charge in [0.25, 0.3) is 9.05 Å². The number of halogens is 1. The van der Waals surface area contributed by atoms with Crippen molar-refractivity contribution in [3.05, 3.63) is 22.8 Å². The molecule has 0 fully saturated rings. The van der Waals surface area contributed by atoms with Crippen LogP contribution in [0.4, 0.5) is 0 Å². The lowest BCUT2D eigenvalue weighted by atomic mass is 10.1. The van der Waals surface area contributed by atoms with Gasteiger partial charge >= 0.3 is 0 Å². The van der Waals surface area contributed by atoms with Crippen LogP contribution in [0.3, 0.4) is 0 Å². The minimum atomic E-state index is -3.71. The second kappa shape index (κ2) is 8.04. The molecule has 0 saturated heterocycles. The Morgan fingerprint density at radius 2 is 1.67 bits per heavy atom. The first-order chi connectivity index (χ1) is 9.79. The van der Waals surface area contributed by atoms with E-state index in [1.165, 1.54) is 25.7 Å². The molecule has 21 heavy (non-hydrogen) atoms. The van der Waals surface area contributed by atoms with Crippen LogP contribution in [0, 0.1) is 20.8 Å². The monoisotopic (exact) mass is 332 g/mol. The number of aryl methyl sites for hydroxylation is 1. The molecule has 0 heterocycles. The van der Waals surface area contributed by atoms with Crippen LogP contribution >= 0.6 is 10.7 Å². The Labute approximate surface area is 133 Å². The Morgan fingerprint density at radius 1 is 1.05 bits per heavy atom. The summed E-state index contributed by atoms with van der Waals surface area (Å²) >= 11 is 0. The van der Waals surface area contributed by atoms with Crippen LogP contribution in [0.15, 0.2) is 11.0 Å². The number of benzene rings is 1. The van der Waals surface area contributed by atoms with Crippen molar-refractivity contribution in [2.45, 2.75) is 64.7 Å². The molecule has 3 nitrogen and oxygen atoms in total. The first-order valence-electron chi connectivity index (χ1n) is 7.47. The van der Waals surface area contributed by atoms with E-state index in [0.29, 0.717) is 12.2 Å². The molecule has 1 aromatic carbocycles. The topological polar surface area (TPSA) is 43.4 Å². The second-order valence-electron chi connectivity index (χ2n) is 5.47. The predicted molar refractivity (Wildman–Crippen MR) is 87.9 cm³/mol. The smallest absolute Gasteiger partial charge is 0.261 e. The van der Waals surface area contributed by atoms with Crippen LogP contribution in [0.2, 0.25) is 0 Å². The highest BCUT2D eigenvalue weighted by Gasteiger charge is 2.19. The van der Waals surface area contributed by atoms with Gasteiger partial charge in [-0.05, 0) is 49.9 Å². The summed E-state index contributed by atoms with van der Waals surface area (Å²) in [5.41, 5.74) is 2.32. The van der Waals surface area contributed by atoms with Gasteiger partial charge in [-0.25, -0.2) is 8.42 Å². The third kappa shape index (κ3) is 5.19. The van der Waals surface area contributed by atoms with E-state index in [2.05, 4.69) is 6.92 Å². The van der Waals surface area contributed by atoms with Crippen molar-refractivity contribution in [3.63, 3.8) is 0 Å². The molecule has 0 atom stereocenters. The van der Waals surface area contributed by atoms with Gasteiger partial charge in [0.1, 0.15) is 5.75 Å². The molecule has 1 aromatic rings. The Kier molecular flexibility index (Phi) is 7.01. The summed E-state index contributed by atoms with van der Waals surface area (Å²) in [6.45, 7) is 8.35. The largest absolute Gasteiger partial charge is 0.493 e. The van der Waals surface area contributed by atoms with Crippen LogP contribution < -0.4 is 4.74 Å². The quantitative estimate of drug-likeness (QED) is 0.503. The van der Waals surface area contributed by atoms with Crippen molar-refractivity contribution in [1.29, 1.82) is 0 Å². The van der Waals surface area contributed by atoms with E-state index in [0.717, 1.165) is 23.3 Å². The van der Waals surface area contributed by atoms with Crippen molar-refractivity contribution in [1.82, 2.24) is 0 Å². The van der Waals surface area contributed by atoms with E-state index in [4.69, 9.17) is 15.4 Å². The van der Waals surface area contributed by atoms with E-state index in [1.54, 1.807) is 13.0 Å². The van der Waals surface area contributed by atoms with Gasteiger partial charge in [-0.1, -0.05) is 32.6 Å². The third-order valence-corrected chi connectivity index (χ3v) is 5.18. The molecule has 120 valence electrons. The minimum Gasteiger partial charge on any atom is -0.493 e. The third-order valence-electron chi connectivity index (χ3n) is 3.74. The standard InChI is InChI=1S/C16H25ClO3S/c1-5-6-7-8-9-10-20-16-12(2)11-15(21(17,18)19)13(3)14(16)4/h11H,5-10H2,1-4H3. The summed E-state index contributed by atoms with van der Waals surface area (Å²) in [4.78, 5) is 0.175. The van der Waals surface area contributed by atoms with Gasteiger partial charge in [-0.2, -0.15) is 0 Å². The highest BCUT2D eigenvalue weighted by atomic mass is 35.7. The molecular weight excluding hydrogens is 308 g/mol. The maximum Gasteiger partial charge on any atom is 0.261 e. The molecular formula is C16H25ClO3S. The first-order valence-corrected chi connectivity index (χ1v) is 9.78. The van der Waals surface area contributed by atoms with Crippen molar-refractivity contribution in [2.24, 2.45) is 0 Å². The van der Waals surface area contributed by atoms with Gasteiger partial charge in [-0.3, -0.25) is 0 Å². The lowest BCUT2D eigenvalue weighted by Crippen LogP contribution is -2.05. The highest BCUT2D eigenvalue weighted by molar-refractivity contribution is 8.13.